The minimum absolute atomic E-state index is 0.0903. The highest BCUT2D eigenvalue weighted by Crippen LogP contribution is 2.37. The predicted octanol–water partition coefficient (Wildman–Crippen LogP) is 2.28. The molecule has 0 radical (unpaired) electrons. The average molecular weight is 165 g/mol. The summed E-state index contributed by atoms with van der Waals surface area (Å²) in [5.41, 5.74) is -0.927. The van der Waals surface area contributed by atoms with Crippen LogP contribution in [0, 0.1) is 5.41 Å². The van der Waals surface area contributed by atoms with Crippen molar-refractivity contribution in [1.82, 2.24) is 5.32 Å². The van der Waals surface area contributed by atoms with Crippen molar-refractivity contribution in [2.75, 3.05) is 13.6 Å². The first kappa shape index (κ1) is 10.8. The molecule has 0 saturated heterocycles. The number of halogens is 2. The Bertz CT molecular complexity index is 116. The van der Waals surface area contributed by atoms with Crippen LogP contribution in [0.1, 0.15) is 27.2 Å². The van der Waals surface area contributed by atoms with Gasteiger partial charge in [-0.2, -0.15) is 0 Å². The maximum atomic E-state index is 13.1. The Balaban J connectivity index is 4.00. The molecule has 1 nitrogen and oxygen atoms in total. The Morgan fingerprint density at radius 3 is 1.91 bits per heavy atom. The molecule has 0 saturated carbocycles. The second-order valence-electron chi connectivity index (χ2n) is 3.81. The minimum atomic E-state index is -2.57. The van der Waals surface area contributed by atoms with Gasteiger partial charge in [-0.3, -0.25) is 0 Å². The van der Waals surface area contributed by atoms with E-state index in [1.54, 1.807) is 27.8 Å². The second kappa shape index (κ2) is 3.48. The molecule has 0 spiro atoms. The van der Waals surface area contributed by atoms with Crippen molar-refractivity contribution in [3.63, 3.8) is 0 Å². The van der Waals surface area contributed by atoms with Crippen molar-refractivity contribution in [3.05, 3.63) is 0 Å². The zero-order valence-electron chi connectivity index (χ0n) is 7.67. The fraction of sp³-hybridized carbons (Fsp3) is 1.00. The molecule has 0 aromatic heterocycles. The van der Waals surface area contributed by atoms with Gasteiger partial charge in [0.05, 0.1) is 0 Å². The molecule has 1 N–H and O–H groups in total. The van der Waals surface area contributed by atoms with Crippen LogP contribution in [0.15, 0.2) is 0 Å². The third-order valence-corrected chi connectivity index (χ3v) is 1.79. The first-order valence-electron chi connectivity index (χ1n) is 3.84. The topological polar surface area (TPSA) is 12.0 Å². The van der Waals surface area contributed by atoms with Crippen LogP contribution in [0.4, 0.5) is 8.78 Å². The summed E-state index contributed by atoms with van der Waals surface area (Å²) in [7, 11) is 1.68. The van der Waals surface area contributed by atoms with Crippen LogP contribution in [-0.2, 0) is 0 Å². The first-order valence-corrected chi connectivity index (χ1v) is 3.84. The minimum Gasteiger partial charge on any atom is -0.320 e. The maximum Gasteiger partial charge on any atom is 0.254 e. The molecule has 0 amide bonds. The van der Waals surface area contributed by atoms with Crippen LogP contribution < -0.4 is 5.32 Å². The Kier molecular flexibility index (Phi) is 3.42. The highest BCUT2D eigenvalue weighted by molar-refractivity contribution is 4.81. The monoisotopic (exact) mass is 165 g/mol. The zero-order chi connectivity index (χ0) is 9.12. The number of hydrogen-bond acceptors (Lipinski definition) is 1. The van der Waals surface area contributed by atoms with Crippen molar-refractivity contribution in [2.45, 2.75) is 33.1 Å². The molecule has 0 fully saturated rings. The van der Waals surface area contributed by atoms with E-state index >= 15 is 0 Å². The molecule has 0 aromatic carbocycles. The summed E-state index contributed by atoms with van der Waals surface area (Å²) in [6, 6.07) is 0. The fourth-order valence-corrected chi connectivity index (χ4v) is 0.657. The fourth-order valence-electron chi connectivity index (χ4n) is 0.657. The van der Waals surface area contributed by atoms with Gasteiger partial charge in [0, 0.05) is 18.4 Å². The smallest absolute Gasteiger partial charge is 0.254 e. The lowest BCUT2D eigenvalue weighted by Crippen LogP contribution is -2.36. The van der Waals surface area contributed by atoms with Crippen LogP contribution >= 0.6 is 0 Å². The molecule has 11 heavy (non-hydrogen) atoms. The van der Waals surface area contributed by atoms with Gasteiger partial charge in [0.2, 0.25) is 0 Å². The molecule has 0 aromatic rings. The zero-order valence-corrected chi connectivity index (χ0v) is 7.67. The van der Waals surface area contributed by atoms with Gasteiger partial charge < -0.3 is 5.32 Å². The van der Waals surface area contributed by atoms with Gasteiger partial charge in [0.1, 0.15) is 0 Å². The summed E-state index contributed by atoms with van der Waals surface area (Å²) in [6.45, 7) is 5.04. The number of hydrogen-bond donors (Lipinski definition) is 1. The summed E-state index contributed by atoms with van der Waals surface area (Å²) >= 11 is 0. The predicted molar refractivity (Wildman–Crippen MR) is 42.9 cm³/mol. The lowest BCUT2D eigenvalue weighted by molar-refractivity contribution is -0.101. The van der Waals surface area contributed by atoms with Crippen LogP contribution in [-0.4, -0.2) is 19.5 Å². The summed E-state index contributed by atoms with van der Waals surface area (Å²) in [5.74, 6) is -2.57. The van der Waals surface area contributed by atoms with Crippen molar-refractivity contribution in [1.29, 1.82) is 0 Å². The van der Waals surface area contributed by atoms with Crippen molar-refractivity contribution >= 4 is 0 Å². The van der Waals surface area contributed by atoms with E-state index in [0.717, 1.165) is 0 Å². The van der Waals surface area contributed by atoms with Crippen LogP contribution in [0.25, 0.3) is 0 Å². The van der Waals surface area contributed by atoms with Crippen molar-refractivity contribution in [3.8, 4) is 0 Å². The summed E-state index contributed by atoms with van der Waals surface area (Å²) in [6.07, 6.45) is -0.0903. The van der Waals surface area contributed by atoms with Crippen molar-refractivity contribution < 1.29 is 8.78 Å². The quantitative estimate of drug-likeness (QED) is 0.676. The van der Waals surface area contributed by atoms with Crippen LogP contribution in [0.5, 0.6) is 0 Å². The Morgan fingerprint density at radius 2 is 1.64 bits per heavy atom. The van der Waals surface area contributed by atoms with Gasteiger partial charge in [-0.25, -0.2) is 8.78 Å². The molecule has 3 heteroatoms. The molecule has 68 valence electrons. The van der Waals surface area contributed by atoms with E-state index in [1.807, 2.05) is 0 Å². The molecular weight excluding hydrogens is 148 g/mol. The van der Waals surface area contributed by atoms with E-state index in [-0.39, 0.29) is 6.42 Å². The average Bonchev–Trinajstić information content (AvgIpc) is 1.81. The molecular formula is C8H17F2N. The largest absolute Gasteiger partial charge is 0.320 e. The number of nitrogens with one attached hydrogen (secondary N) is 1. The van der Waals surface area contributed by atoms with Gasteiger partial charge in [-0.1, -0.05) is 20.8 Å². The number of rotatable bonds is 3. The van der Waals surface area contributed by atoms with Gasteiger partial charge in [0.15, 0.2) is 0 Å². The lowest BCUT2D eigenvalue weighted by atomic mass is 9.86. The van der Waals surface area contributed by atoms with Crippen LogP contribution in [0.2, 0.25) is 0 Å². The van der Waals surface area contributed by atoms with Gasteiger partial charge in [-0.05, 0) is 7.05 Å². The van der Waals surface area contributed by atoms with E-state index in [0.29, 0.717) is 6.54 Å². The first-order chi connectivity index (χ1) is 4.81. The molecule has 0 rings (SSSR count). The maximum absolute atomic E-state index is 13.1. The molecule has 0 aliphatic heterocycles. The molecule has 0 aliphatic carbocycles. The van der Waals surface area contributed by atoms with E-state index in [9.17, 15) is 8.78 Å². The summed E-state index contributed by atoms with van der Waals surface area (Å²) in [4.78, 5) is 0. The Morgan fingerprint density at radius 1 is 1.18 bits per heavy atom. The van der Waals surface area contributed by atoms with Crippen molar-refractivity contribution in [2.24, 2.45) is 5.41 Å². The second-order valence-corrected chi connectivity index (χ2v) is 3.81. The number of alkyl halides is 2. The Hall–Kier alpha value is -0.180. The normalized spacial score (nSPS) is 13.6. The highest BCUT2D eigenvalue weighted by Gasteiger charge is 2.41. The van der Waals surface area contributed by atoms with E-state index in [1.165, 1.54) is 0 Å². The van der Waals surface area contributed by atoms with E-state index < -0.39 is 11.3 Å². The molecule has 0 unspecified atom stereocenters. The standard InChI is InChI=1S/C8H17F2N/c1-7(2,3)8(9,10)5-6-11-4/h11H,5-6H2,1-4H3. The lowest BCUT2D eigenvalue weighted by Gasteiger charge is -2.30. The summed E-state index contributed by atoms with van der Waals surface area (Å²) in [5, 5.41) is 2.72. The Labute approximate surface area is 67.2 Å². The molecule has 0 atom stereocenters. The van der Waals surface area contributed by atoms with E-state index in [4.69, 9.17) is 0 Å². The van der Waals surface area contributed by atoms with Gasteiger partial charge in [0.25, 0.3) is 5.92 Å². The van der Waals surface area contributed by atoms with E-state index in [2.05, 4.69) is 5.32 Å². The van der Waals surface area contributed by atoms with Gasteiger partial charge >= 0.3 is 0 Å². The van der Waals surface area contributed by atoms with Crippen LogP contribution in [0.3, 0.4) is 0 Å². The van der Waals surface area contributed by atoms with Gasteiger partial charge in [-0.15, -0.1) is 0 Å². The third kappa shape index (κ3) is 3.14. The molecule has 0 aliphatic rings. The SMILES string of the molecule is CNCCC(F)(F)C(C)(C)C. The highest BCUT2D eigenvalue weighted by atomic mass is 19.3. The summed E-state index contributed by atoms with van der Waals surface area (Å²) < 4.78 is 26.2. The molecule has 0 heterocycles. The third-order valence-electron chi connectivity index (χ3n) is 1.79. The molecule has 0 bridgehead atoms.